The third-order valence-corrected chi connectivity index (χ3v) is 3.61. The second-order valence-corrected chi connectivity index (χ2v) is 5.46. The number of hydrogen-bond donors (Lipinski definition) is 1. The van der Waals surface area contributed by atoms with Crippen LogP contribution in [-0.4, -0.2) is 10.5 Å². The van der Waals surface area contributed by atoms with Crippen molar-refractivity contribution in [1.82, 2.24) is 4.57 Å². The molecule has 0 radical (unpaired) electrons. The van der Waals surface area contributed by atoms with Gasteiger partial charge in [0.2, 0.25) is 5.91 Å². The van der Waals surface area contributed by atoms with Crippen molar-refractivity contribution < 1.29 is 4.79 Å². The predicted octanol–water partition coefficient (Wildman–Crippen LogP) is 4.30. The molecule has 0 fully saturated rings. The summed E-state index contributed by atoms with van der Waals surface area (Å²) in [4.78, 5) is 11.1. The Morgan fingerprint density at radius 2 is 1.90 bits per heavy atom. The molecule has 0 unspecified atom stereocenters. The molecule has 0 aliphatic carbocycles. The molecule has 1 amide bonds. The van der Waals surface area contributed by atoms with Crippen molar-refractivity contribution in [1.29, 1.82) is 0 Å². The summed E-state index contributed by atoms with van der Waals surface area (Å²) in [5.41, 5.74) is 3.15. The van der Waals surface area contributed by atoms with Gasteiger partial charge >= 0.3 is 0 Å². The number of aromatic nitrogens is 1. The summed E-state index contributed by atoms with van der Waals surface area (Å²) in [6.45, 7) is 2.30. The number of anilines is 1. The number of nitrogens with one attached hydrogen (secondary N) is 1. The van der Waals surface area contributed by atoms with Gasteiger partial charge in [-0.15, -0.1) is 0 Å². The van der Waals surface area contributed by atoms with Crippen LogP contribution >= 0.6 is 11.6 Å². The Balaban J connectivity index is 1.89. The van der Waals surface area contributed by atoms with Crippen LogP contribution in [0.2, 0.25) is 5.02 Å². The zero-order valence-electron chi connectivity index (χ0n) is 11.6. The van der Waals surface area contributed by atoms with Gasteiger partial charge < -0.3 is 9.88 Å². The molecule has 0 saturated heterocycles. The fraction of sp³-hybridized carbons (Fsp3) is 0.118. The van der Waals surface area contributed by atoms with Crippen molar-refractivity contribution in [2.24, 2.45) is 0 Å². The quantitative estimate of drug-likeness (QED) is 0.768. The SMILES string of the molecule is CC(=O)Nc1ccc2c(ccn2Cc2ccc(Cl)cc2)c1. The van der Waals surface area contributed by atoms with E-state index < -0.39 is 0 Å². The van der Waals surface area contributed by atoms with Crippen LogP contribution in [-0.2, 0) is 11.3 Å². The van der Waals surface area contributed by atoms with E-state index in [0.29, 0.717) is 0 Å². The lowest BCUT2D eigenvalue weighted by Crippen LogP contribution is -2.05. The van der Waals surface area contributed by atoms with E-state index in [1.807, 2.05) is 42.5 Å². The molecule has 3 aromatic rings. The van der Waals surface area contributed by atoms with Gasteiger partial charge in [-0.3, -0.25) is 4.79 Å². The Labute approximate surface area is 128 Å². The highest BCUT2D eigenvalue weighted by Gasteiger charge is 2.04. The smallest absolute Gasteiger partial charge is 0.221 e. The minimum absolute atomic E-state index is 0.0602. The van der Waals surface area contributed by atoms with Crippen LogP contribution in [0.3, 0.4) is 0 Å². The average Bonchev–Trinajstić information content (AvgIpc) is 2.83. The van der Waals surface area contributed by atoms with Crippen LogP contribution in [0.15, 0.2) is 54.7 Å². The zero-order chi connectivity index (χ0) is 14.8. The predicted molar refractivity (Wildman–Crippen MR) is 86.8 cm³/mol. The molecule has 1 aromatic heterocycles. The number of carbonyl (C=O) groups is 1. The van der Waals surface area contributed by atoms with E-state index >= 15 is 0 Å². The molecule has 3 rings (SSSR count). The molecule has 0 atom stereocenters. The summed E-state index contributed by atoms with van der Waals surface area (Å²) < 4.78 is 2.18. The molecule has 0 aliphatic heterocycles. The molecule has 4 heteroatoms. The maximum atomic E-state index is 11.1. The maximum Gasteiger partial charge on any atom is 0.221 e. The first kappa shape index (κ1) is 13.7. The summed E-state index contributed by atoms with van der Waals surface area (Å²) in [6.07, 6.45) is 2.05. The largest absolute Gasteiger partial charge is 0.343 e. The van der Waals surface area contributed by atoms with E-state index in [0.717, 1.165) is 28.2 Å². The third-order valence-electron chi connectivity index (χ3n) is 3.36. The fourth-order valence-corrected chi connectivity index (χ4v) is 2.53. The van der Waals surface area contributed by atoms with Crippen molar-refractivity contribution in [3.05, 3.63) is 65.3 Å². The number of fused-ring (bicyclic) bond motifs is 1. The molecule has 0 aliphatic rings. The monoisotopic (exact) mass is 298 g/mol. The molecule has 1 N–H and O–H groups in total. The van der Waals surface area contributed by atoms with E-state index in [1.165, 1.54) is 12.5 Å². The number of amides is 1. The number of carbonyl (C=O) groups excluding carboxylic acids is 1. The number of rotatable bonds is 3. The lowest BCUT2D eigenvalue weighted by atomic mass is 10.2. The molecule has 0 bridgehead atoms. The molecular formula is C17H15ClN2O. The van der Waals surface area contributed by atoms with Gasteiger partial charge in [-0.25, -0.2) is 0 Å². The first-order valence-corrected chi connectivity index (χ1v) is 7.10. The minimum atomic E-state index is -0.0602. The number of nitrogens with zero attached hydrogens (tertiary/aromatic N) is 1. The molecular weight excluding hydrogens is 284 g/mol. The van der Waals surface area contributed by atoms with Crippen molar-refractivity contribution in [2.45, 2.75) is 13.5 Å². The zero-order valence-corrected chi connectivity index (χ0v) is 12.4. The highest BCUT2D eigenvalue weighted by Crippen LogP contribution is 2.22. The summed E-state index contributed by atoms with van der Waals surface area (Å²) in [5, 5.41) is 4.65. The van der Waals surface area contributed by atoms with Crippen molar-refractivity contribution in [3.63, 3.8) is 0 Å². The maximum absolute atomic E-state index is 11.1. The van der Waals surface area contributed by atoms with Crippen LogP contribution in [0.1, 0.15) is 12.5 Å². The van der Waals surface area contributed by atoms with Gasteiger partial charge in [-0.05, 0) is 42.0 Å². The molecule has 21 heavy (non-hydrogen) atoms. The molecule has 106 valence electrons. The second kappa shape index (κ2) is 5.62. The Morgan fingerprint density at radius 1 is 1.14 bits per heavy atom. The second-order valence-electron chi connectivity index (χ2n) is 5.02. The Morgan fingerprint density at radius 3 is 2.62 bits per heavy atom. The summed E-state index contributed by atoms with van der Waals surface area (Å²) in [7, 11) is 0. The fourth-order valence-electron chi connectivity index (χ4n) is 2.41. The summed E-state index contributed by atoms with van der Waals surface area (Å²) >= 11 is 5.91. The van der Waals surface area contributed by atoms with Crippen molar-refractivity contribution in [3.8, 4) is 0 Å². The third kappa shape index (κ3) is 3.09. The van der Waals surface area contributed by atoms with Crippen LogP contribution < -0.4 is 5.32 Å². The van der Waals surface area contributed by atoms with Crippen LogP contribution in [0.25, 0.3) is 10.9 Å². The normalized spacial score (nSPS) is 10.8. The first-order valence-electron chi connectivity index (χ1n) is 6.73. The van der Waals surface area contributed by atoms with E-state index in [4.69, 9.17) is 11.6 Å². The highest BCUT2D eigenvalue weighted by molar-refractivity contribution is 6.30. The van der Waals surface area contributed by atoms with Gasteiger partial charge in [0.1, 0.15) is 0 Å². The van der Waals surface area contributed by atoms with Crippen molar-refractivity contribution in [2.75, 3.05) is 5.32 Å². The number of hydrogen-bond acceptors (Lipinski definition) is 1. The van der Waals surface area contributed by atoms with E-state index in [9.17, 15) is 4.79 Å². The van der Waals surface area contributed by atoms with Crippen LogP contribution in [0.5, 0.6) is 0 Å². The Bertz CT molecular complexity index is 790. The lowest BCUT2D eigenvalue weighted by molar-refractivity contribution is -0.114. The van der Waals surface area contributed by atoms with Crippen LogP contribution in [0.4, 0.5) is 5.69 Å². The lowest BCUT2D eigenvalue weighted by Gasteiger charge is -2.07. The van der Waals surface area contributed by atoms with Crippen molar-refractivity contribution >= 4 is 34.1 Å². The molecule has 1 heterocycles. The van der Waals surface area contributed by atoms with Gasteiger partial charge in [-0.1, -0.05) is 23.7 Å². The topological polar surface area (TPSA) is 34.0 Å². The average molecular weight is 299 g/mol. The molecule has 0 spiro atoms. The van der Waals surface area contributed by atoms with E-state index in [2.05, 4.69) is 22.1 Å². The minimum Gasteiger partial charge on any atom is -0.343 e. The summed E-state index contributed by atoms with van der Waals surface area (Å²) in [5.74, 6) is -0.0602. The summed E-state index contributed by atoms with van der Waals surface area (Å²) in [6, 6.07) is 15.8. The van der Waals surface area contributed by atoms with Crippen LogP contribution in [0, 0.1) is 0 Å². The first-order chi connectivity index (χ1) is 10.1. The Kier molecular flexibility index (Phi) is 3.67. The van der Waals surface area contributed by atoms with Gasteiger partial charge in [0.25, 0.3) is 0 Å². The van der Waals surface area contributed by atoms with Gasteiger partial charge in [0.05, 0.1) is 0 Å². The van der Waals surface area contributed by atoms with E-state index in [1.54, 1.807) is 0 Å². The number of halogens is 1. The number of benzene rings is 2. The molecule has 3 nitrogen and oxygen atoms in total. The molecule has 0 saturated carbocycles. The van der Waals surface area contributed by atoms with Gasteiger partial charge in [0, 0.05) is 41.3 Å². The molecule has 2 aromatic carbocycles. The Hall–Kier alpha value is -2.26. The van der Waals surface area contributed by atoms with Gasteiger partial charge in [-0.2, -0.15) is 0 Å². The highest BCUT2D eigenvalue weighted by atomic mass is 35.5. The standard InChI is InChI=1S/C17H15ClN2O/c1-12(21)19-16-6-7-17-14(10-16)8-9-20(17)11-13-2-4-15(18)5-3-13/h2-10H,11H2,1H3,(H,19,21). The van der Waals surface area contributed by atoms with E-state index in [-0.39, 0.29) is 5.91 Å². The van der Waals surface area contributed by atoms with Gasteiger partial charge in [0.15, 0.2) is 0 Å².